The zero-order valence-electron chi connectivity index (χ0n) is 11.2. The predicted molar refractivity (Wildman–Crippen MR) is 76.2 cm³/mol. The molecular weight excluding hydrogens is 240 g/mol. The minimum Gasteiger partial charge on any atom is -0.395 e. The molecule has 19 heavy (non-hydrogen) atoms. The summed E-state index contributed by atoms with van der Waals surface area (Å²) in [5.74, 6) is -0.290. The summed E-state index contributed by atoms with van der Waals surface area (Å²) in [5, 5.41) is 9.55. The van der Waals surface area contributed by atoms with Gasteiger partial charge in [-0.25, -0.2) is 0 Å². The average Bonchev–Trinajstić information content (AvgIpc) is 2.80. The second-order valence-corrected chi connectivity index (χ2v) is 4.33. The van der Waals surface area contributed by atoms with Crippen LogP contribution >= 0.6 is 0 Å². The summed E-state index contributed by atoms with van der Waals surface area (Å²) in [7, 11) is 0. The second-order valence-electron chi connectivity index (χ2n) is 4.33. The summed E-state index contributed by atoms with van der Waals surface area (Å²) in [4.78, 5) is 12.1. The Hall–Kier alpha value is -2.30. The number of benzene rings is 1. The molecule has 0 aliphatic carbocycles. The van der Waals surface area contributed by atoms with Gasteiger partial charge in [-0.05, 0) is 30.5 Å². The number of anilines is 2. The number of nitrogens with two attached hydrogens (primary N) is 1. The molecule has 5 nitrogen and oxygen atoms in total. The van der Waals surface area contributed by atoms with Gasteiger partial charge in [0.1, 0.15) is 0 Å². The van der Waals surface area contributed by atoms with Crippen molar-refractivity contribution >= 4 is 17.3 Å². The average molecular weight is 258 g/mol. The van der Waals surface area contributed by atoms with Gasteiger partial charge >= 0.3 is 0 Å². The number of carbonyl (C=O) groups excluding carboxylic acids is 1. The van der Waals surface area contributed by atoms with Gasteiger partial charge in [0.2, 0.25) is 0 Å². The number of nitrogens with one attached hydrogen (secondary N) is 2. The number of carbonyl (C=O) groups is 1. The molecule has 1 aromatic heterocycles. The molecule has 2 aromatic rings. The van der Waals surface area contributed by atoms with E-state index in [9.17, 15) is 4.79 Å². The van der Waals surface area contributed by atoms with Crippen molar-refractivity contribution in [1.82, 2.24) is 10.2 Å². The van der Waals surface area contributed by atoms with E-state index in [0.717, 1.165) is 24.2 Å². The quantitative estimate of drug-likeness (QED) is 0.787. The maximum Gasteiger partial charge on any atom is 0.278 e. The smallest absolute Gasteiger partial charge is 0.278 e. The van der Waals surface area contributed by atoms with Crippen LogP contribution in [0.2, 0.25) is 0 Å². The molecule has 0 saturated heterocycles. The van der Waals surface area contributed by atoms with Crippen molar-refractivity contribution < 1.29 is 4.79 Å². The summed E-state index contributed by atoms with van der Waals surface area (Å²) in [6.45, 7) is 4.02. The summed E-state index contributed by atoms with van der Waals surface area (Å²) in [6, 6.07) is 7.73. The van der Waals surface area contributed by atoms with Crippen LogP contribution in [0.4, 0.5) is 11.4 Å². The van der Waals surface area contributed by atoms with Gasteiger partial charge in [-0.3, -0.25) is 9.89 Å². The Labute approximate surface area is 112 Å². The lowest BCUT2D eigenvalue weighted by molar-refractivity contribution is 0.102. The number of nitrogens with zero attached hydrogens (tertiary/aromatic N) is 1. The molecule has 5 heteroatoms. The van der Waals surface area contributed by atoms with E-state index in [0.29, 0.717) is 5.69 Å². The first-order valence-electron chi connectivity index (χ1n) is 6.38. The Morgan fingerprint density at radius 1 is 1.37 bits per heavy atom. The molecule has 0 aliphatic rings. The molecule has 1 amide bonds. The topological polar surface area (TPSA) is 83.8 Å². The van der Waals surface area contributed by atoms with E-state index in [4.69, 9.17) is 5.73 Å². The first kappa shape index (κ1) is 13.1. The van der Waals surface area contributed by atoms with Gasteiger partial charge in [0.05, 0.1) is 11.4 Å². The summed E-state index contributed by atoms with van der Waals surface area (Å²) < 4.78 is 0. The Kier molecular flexibility index (Phi) is 3.85. The van der Waals surface area contributed by atoms with E-state index in [1.54, 1.807) is 0 Å². The molecule has 0 saturated carbocycles. The highest BCUT2D eigenvalue weighted by molar-refractivity contribution is 6.06. The van der Waals surface area contributed by atoms with Crippen LogP contribution < -0.4 is 11.1 Å². The van der Waals surface area contributed by atoms with Crippen LogP contribution in [0.25, 0.3) is 0 Å². The minimum atomic E-state index is -0.290. The third kappa shape index (κ3) is 2.76. The van der Waals surface area contributed by atoms with Gasteiger partial charge in [-0.1, -0.05) is 26.0 Å². The molecule has 0 spiro atoms. The van der Waals surface area contributed by atoms with Crippen LogP contribution in [0.3, 0.4) is 0 Å². The number of aromatic amines is 1. The molecule has 4 N–H and O–H groups in total. The van der Waals surface area contributed by atoms with Crippen LogP contribution in [0.5, 0.6) is 0 Å². The first-order valence-corrected chi connectivity index (χ1v) is 6.38. The Bertz CT molecular complexity index is 589. The van der Waals surface area contributed by atoms with E-state index in [1.165, 1.54) is 5.56 Å². The van der Waals surface area contributed by atoms with Crippen LogP contribution in [0, 0.1) is 0 Å². The van der Waals surface area contributed by atoms with Crippen molar-refractivity contribution in [2.24, 2.45) is 0 Å². The third-order valence-electron chi connectivity index (χ3n) is 3.04. The minimum absolute atomic E-state index is 0.249. The highest BCUT2D eigenvalue weighted by Crippen LogP contribution is 2.17. The van der Waals surface area contributed by atoms with Gasteiger partial charge < -0.3 is 11.1 Å². The lowest BCUT2D eigenvalue weighted by atomic mass is 10.1. The Morgan fingerprint density at radius 3 is 2.79 bits per heavy atom. The van der Waals surface area contributed by atoms with Crippen LogP contribution in [-0.4, -0.2) is 16.1 Å². The van der Waals surface area contributed by atoms with Crippen molar-refractivity contribution in [3.8, 4) is 0 Å². The monoisotopic (exact) mass is 258 g/mol. The number of amides is 1. The summed E-state index contributed by atoms with van der Waals surface area (Å²) >= 11 is 0. The zero-order valence-corrected chi connectivity index (χ0v) is 11.2. The summed E-state index contributed by atoms with van der Waals surface area (Å²) in [6.07, 6.45) is 1.64. The second kappa shape index (κ2) is 5.56. The maximum atomic E-state index is 12.1. The van der Waals surface area contributed by atoms with E-state index in [1.807, 2.05) is 31.2 Å². The van der Waals surface area contributed by atoms with E-state index in [-0.39, 0.29) is 11.6 Å². The van der Waals surface area contributed by atoms with Crippen LogP contribution in [0.1, 0.15) is 35.6 Å². The number of nitrogen functional groups attached to an aromatic ring is 1. The van der Waals surface area contributed by atoms with Crippen molar-refractivity contribution in [1.29, 1.82) is 0 Å². The van der Waals surface area contributed by atoms with E-state index >= 15 is 0 Å². The van der Waals surface area contributed by atoms with Gasteiger partial charge in [0.15, 0.2) is 5.69 Å². The maximum absolute atomic E-state index is 12.1. The van der Waals surface area contributed by atoms with Gasteiger partial charge in [-0.2, -0.15) is 5.10 Å². The molecule has 2 rings (SSSR count). The van der Waals surface area contributed by atoms with Gasteiger partial charge in [-0.15, -0.1) is 0 Å². The molecule has 1 aromatic carbocycles. The van der Waals surface area contributed by atoms with Crippen molar-refractivity contribution in [3.05, 3.63) is 41.2 Å². The highest BCUT2D eigenvalue weighted by atomic mass is 16.2. The normalized spacial score (nSPS) is 10.4. The van der Waals surface area contributed by atoms with Crippen molar-refractivity contribution in [2.45, 2.75) is 26.7 Å². The fraction of sp³-hybridized carbons (Fsp3) is 0.286. The SMILES string of the molecule is CCc1cccc(NC(=O)c2n[nH]c(CC)c2N)c1. The van der Waals surface area contributed by atoms with Crippen LogP contribution in [-0.2, 0) is 12.8 Å². The van der Waals surface area contributed by atoms with Crippen molar-refractivity contribution in [2.75, 3.05) is 11.1 Å². The predicted octanol–water partition coefficient (Wildman–Crippen LogP) is 2.37. The standard InChI is InChI=1S/C14H18N4O/c1-3-9-6-5-7-10(8-9)16-14(19)13-12(15)11(4-2)17-18-13/h5-8H,3-4,15H2,1-2H3,(H,16,19)(H,17,18). The lowest BCUT2D eigenvalue weighted by Crippen LogP contribution is -2.14. The Balaban J connectivity index is 2.18. The number of aromatic nitrogens is 2. The first-order chi connectivity index (χ1) is 9.15. The van der Waals surface area contributed by atoms with E-state index in [2.05, 4.69) is 22.4 Å². The Morgan fingerprint density at radius 2 is 2.16 bits per heavy atom. The van der Waals surface area contributed by atoms with E-state index < -0.39 is 0 Å². The fourth-order valence-electron chi connectivity index (χ4n) is 1.89. The van der Waals surface area contributed by atoms with Crippen molar-refractivity contribution in [3.63, 3.8) is 0 Å². The molecule has 0 fully saturated rings. The van der Waals surface area contributed by atoms with Gasteiger partial charge in [0, 0.05) is 5.69 Å². The molecule has 1 heterocycles. The van der Waals surface area contributed by atoms with Crippen LogP contribution in [0.15, 0.2) is 24.3 Å². The number of H-pyrrole nitrogens is 1. The molecule has 0 bridgehead atoms. The number of hydrogen-bond donors (Lipinski definition) is 3. The fourth-order valence-corrected chi connectivity index (χ4v) is 1.89. The number of rotatable bonds is 4. The summed E-state index contributed by atoms with van der Waals surface area (Å²) in [5.41, 5.74) is 9.25. The molecule has 100 valence electrons. The molecule has 0 atom stereocenters. The lowest BCUT2D eigenvalue weighted by Gasteiger charge is -2.05. The zero-order chi connectivity index (χ0) is 13.8. The largest absolute Gasteiger partial charge is 0.395 e. The molecule has 0 aliphatic heterocycles. The molecule has 0 radical (unpaired) electrons. The third-order valence-corrected chi connectivity index (χ3v) is 3.04. The highest BCUT2D eigenvalue weighted by Gasteiger charge is 2.16. The molecular formula is C14H18N4O. The number of aryl methyl sites for hydroxylation is 2. The van der Waals surface area contributed by atoms with Gasteiger partial charge in [0.25, 0.3) is 5.91 Å². The number of hydrogen-bond acceptors (Lipinski definition) is 3. The molecule has 0 unspecified atom stereocenters.